The molecule has 7 nitrogen and oxygen atoms in total. The van der Waals surface area contributed by atoms with Gasteiger partial charge in [-0.2, -0.15) is 0 Å². The Hall–Kier alpha value is -2.08. The van der Waals surface area contributed by atoms with Crippen molar-refractivity contribution in [2.45, 2.75) is 29.5 Å². The minimum atomic E-state index is -4.08. The van der Waals surface area contributed by atoms with Crippen molar-refractivity contribution in [3.05, 3.63) is 81.2 Å². The first kappa shape index (κ1) is 24.1. The highest BCUT2D eigenvalue weighted by Gasteiger charge is 2.31. The molecule has 33 heavy (non-hydrogen) atoms. The molecule has 0 amide bonds. The van der Waals surface area contributed by atoms with Crippen molar-refractivity contribution in [1.82, 2.24) is 14.7 Å². The fourth-order valence-corrected chi connectivity index (χ4v) is 5.16. The summed E-state index contributed by atoms with van der Waals surface area (Å²) in [6.07, 6.45) is 0.545. The number of hydrogen-bond donors (Lipinski definition) is 3. The van der Waals surface area contributed by atoms with Crippen LogP contribution in [-0.2, 0) is 14.8 Å². The molecule has 0 aliphatic carbocycles. The predicted octanol–water partition coefficient (Wildman–Crippen LogP) is 3.60. The quantitative estimate of drug-likeness (QED) is 0.463. The highest BCUT2D eigenvalue weighted by molar-refractivity contribution is 7.89. The lowest BCUT2D eigenvalue weighted by Crippen LogP contribution is -2.49. The average Bonchev–Trinajstić information content (AvgIpc) is 3.26. The van der Waals surface area contributed by atoms with E-state index in [4.69, 9.17) is 27.9 Å². The van der Waals surface area contributed by atoms with Gasteiger partial charge in [-0.3, -0.25) is 0 Å². The number of benzene rings is 2. The fourth-order valence-electron chi connectivity index (χ4n) is 3.60. The number of imidazole rings is 1. The lowest BCUT2D eigenvalue weighted by molar-refractivity contribution is -0.00842. The van der Waals surface area contributed by atoms with Crippen molar-refractivity contribution >= 4 is 33.2 Å². The van der Waals surface area contributed by atoms with E-state index in [1.165, 1.54) is 36.4 Å². The number of rotatable bonds is 6. The Kier molecular flexibility index (Phi) is 7.04. The number of aromatic nitrogens is 2. The topological polar surface area (TPSA) is 104 Å². The SMILES string of the molecule is O=S(=O)(N[C@@H]1COCC[C@H]1O)c1cnc(C(c2ccc(F)c(Cl)c2)c2ccc(F)c(Cl)c2)[nH]1. The number of nitrogens with one attached hydrogen (secondary N) is 2. The summed E-state index contributed by atoms with van der Waals surface area (Å²) in [5.74, 6) is -1.83. The van der Waals surface area contributed by atoms with Gasteiger partial charge in [-0.25, -0.2) is 26.9 Å². The first-order valence-corrected chi connectivity index (χ1v) is 12.1. The number of aromatic amines is 1. The van der Waals surface area contributed by atoms with Gasteiger partial charge in [0.25, 0.3) is 10.0 Å². The predicted molar refractivity (Wildman–Crippen MR) is 118 cm³/mol. The van der Waals surface area contributed by atoms with Gasteiger partial charge in [0.05, 0.1) is 40.9 Å². The molecule has 2 atom stereocenters. The normalized spacial score (nSPS) is 19.2. The second-order valence-corrected chi connectivity index (χ2v) is 10.1. The van der Waals surface area contributed by atoms with Crippen LogP contribution < -0.4 is 4.72 Å². The van der Waals surface area contributed by atoms with Crippen molar-refractivity contribution in [3.8, 4) is 0 Å². The van der Waals surface area contributed by atoms with Crippen LogP contribution in [-0.4, -0.2) is 48.9 Å². The van der Waals surface area contributed by atoms with E-state index in [0.29, 0.717) is 24.2 Å². The van der Waals surface area contributed by atoms with E-state index in [1.54, 1.807) is 0 Å². The number of ether oxygens (including phenoxy) is 1. The summed E-state index contributed by atoms with van der Waals surface area (Å²) in [5, 5.41) is 9.52. The number of aliphatic hydroxyl groups excluding tert-OH is 1. The average molecular weight is 518 g/mol. The summed E-state index contributed by atoms with van der Waals surface area (Å²) >= 11 is 11.9. The third-order valence-electron chi connectivity index (χ3n) is 5.32. The van der Waals surface area contributed by atoms with Crippen molar-refractivity contribution in [2.24, 2.45) is 0 Å². The zero-order chi connectivity index (χ0) is 23.8. The molecule has 176 valence electrons. The molecule has 1 aliphatic rings. The molecular weight excluding hydrogens is 499 g/mol. The number of sulfonamides is 1. The van der Waals surface area contributed by atoms with E-state index in [0.717, 1.165) is 6.20 Å². The Morgan fingerprint density at radius 1 is 1.12 bits per heavy atom. The van der Waals surface area contributed by atoms with Crippen LogP contribution in [0.3, 0.4) is 0 Å². The monoisotopic (exact) mass is 517 g/mol. The second-order valence-electron chi connectivity index (χ2n) is 7.57. The molecular formula is C21H19Cl2F2N3O4S. The zero-order valence-electron chi connectivity index (χ0n) is 16.9. The van der Waals surface area contributed by atoms with Gasteiger partial charge in [0.2, 0.25) is 0 Å². The Labute approximate surface area is 198 Å². The second kappa shape index (κ2) is 9.65. The molecule has 0 bridgehead atoms. The Balaban J connectivity index is 1.72. The number of H-pyrrole nitrogens is 1. The van der Waals surface area contributed by atoms with Crippen LogP contribution >= 0.6 is 23.2 Å². The van der Waals surface area contributed by atoms with Gasteiger partial charge in [-0.05, 0) is 41.8 Å². The van der Waals surface area contributed by atoms with E-state index in [2.05, 4.69) is 14.7 Å². The molecule has 3 aromatic rings. The van der Waals surface area contributed by atoms with Crippen molar-refractivity contribution in [1.29, 1.82) is 0 Å². The molecule has 2 aromatic carbocycles. The maximum Gasteiger partial charge on any atom is 0.258 e. The number of hydrogen-bond acceptors (Lipinski definition) is 5. The molecule has 1 saturated heterocycles. The van der Waals surface area contributed by atoms with Gasteiger partial charge in [-0.15, -0.1) is 0 Å². The summed E-state index contributed by atoms with van der Waals surface area (Å²) in [6, 6.07) is 7.22. The summed E-state index contributed by atoms with van der Waals surface area (Å²) < 4.78 is 60.9. The van der Waals surface area contributed by atoms with E-state index >= 15 is 0 Å². The highest BCUT2D eigenvalue weighted by atomic mass is 35.5. The van der Waals surface area contributed by atoms with Crippen molar-refractivity contribution in [2.75, 3.05) is 13.2 Å². The molecule has 4 rings (SSSR count). The zero-order valence-corrected chi connectivity index (χ0v) is 19.3. The molecule has 0 spiro atoms. The van der Waals surface area contributed by atoms with Crippen LogP contribution in [0.2, 0.25) is 10.0 Å². The summed E-state index contributed by atoms with van der Waals surface area (Å²) in [4.78, 5) is 6.98. The summed E-state index contributed by atoms with van der Waals surface area (Å²) in [7, 11) is -4.08. The first-order chi connectivity index (χ1) is 15.7. The van der Waals surface area contributed by atoms with Crippen LogP contribution in [0.25, 0.3) is 0 Å². The van der Waals surface area contributed by atoms with Gasteiger partial charge in [0, 0.05) is 6.61 Å². The van der Waals surface area contributed by atoms with Crippen LogP contribution in [0.5, 0.6) is 0 Å². The fraction of sp³-hybridized carbons (Fsp3) is 0.286. The van der Waals surface area contributed by atoms with Crippen LogP contribution in [0.15, 0.2) is 47.6 Å². The largest absolute Gasteiger partial charge is 0.391 e. The molecule has 2 heterocycles. The van der Waals surface area contributed by atoms with E-state index in [-0.39, 0.29) is 27.5 Å². The molecule has 12 heteroatoms. The number of aliphatic hydroxyl groups is 1. The summed E-state index contributed by atoms with van der Waals surface area (Å²) in [5.41, 5.74) is 0.956. The molecule has 0 radical (unpaired) electrons. The standard InChI is InChI=1S/C21H19Cl2F2N3O4S/c22-13-7-11(1-3-15(13)24)20(12-2-4-16(25)14(23)8-12)21-26-9-19(27-21)33(30,31)28-17-10-32-6-5-18(17)29/h1-4,7-9,17-18,20,28-29H,5-6,10H2,(H,26,27)/t17-,18-/m1/s1. The maximum absolute atomic E-state index is 13.8. The highest BCUT2D eigenvalue weighted by Crippen LogP contribution is 2.34. The smallest absolute Gasteiger partial charge is 0.258 e. The molecule has 1 aliphatic heterocycles. The molecule has 1 aromatic heterocycles. The van der Waals surface area contributed by atoms with Crippen molar-refractivity contribution < 1.29 is 27.0 Å². The van der Waals surface area contributed by atoms with Gasteiger partial charge >= 0.3 is 0 Å². The number of halogens is 4. The Morgan fingerprint density at radius 2 is 1.73 bits per heavy atom. The van der Waals surface area contributed by atoms with Crippen LogP contribution in [0, 0.1) is 11.6 Å². The first-order valence-electron chi connectivity index (χ1n) is 9.88. The number of nitrogens with zero attached hydrogens (tertiary/aromatic N) is 1. The van der Waals surface area contributed by atoms with E-state index in [1.807, 2.05) is 0 Å². The third-order valence-corrected chi connectivity index (χ3v) is 7.29. The van der Waals surface area contributed by atoms with Crippen molar-refractivity contribution in [3.63, 3.8) is 0 Å². The minimum Gasteiger partial charge on any atom is -0.391 e. The lowest BCUT2D eigenvalue weighted by atomic mass is 9.90. The van der Waals surface area contributed by atoms with Gasteiger partial charge in [0.15, 0.2) is 5.03 Å². The van der Waals surface area contributed by atoms with Gasteiger partial charge in [-0.1, -0.05) is 35.3 Å². The van der Waals surface area contributed by atoms with Crippen LogP contribution in [0.1, 0.15) is 29.3 Å². The molecule has 0 unspecified atom stereocenters. The minimum absolute atomic E-state index is 0.0339. The van der Waals surface area contributed by atoms with E-state index in [9.17, 15) is 22.3 Å². The van der Waals surface area contributed by atoms with E-state index < -0.39 is 39.7 Å². The lowest BCUT2D eigenvalue weighted by Gasteiger charge is -2.27. The van der Waals surface area contributed by atoms with Crippen LogP contribution in [0.4, 0.5) is 8.78 Å². The maximum atomic E-state index is 13.8. The van der Waals surface area contributed by atoms with Gasteiger partial charge < -0.3 is 14.8 Å². The molecule has 3 N–H and O–H groups in total. The Bertz CT molecular complexity index is 1220. The molecule has 1 fully saturated rings. The molecule has 0 saturated carbocycles. The summed E-state index contributed by atoms with van der Waals surface area (Å²) in [6.45, 7) is 0.377. The Morgan fingerprint density at radius 3 is 2.27 bits per heavy atom. The van der Waals surface area contributed by atoms with Gasteiger partial charge in [0.1, 0.15) is 17.5 Å². The third kappa shape index (κ3) is 5.21.